The summed E-state index contributed by atoms with van der Waals surface area (Å²) in [5, 5.41) is 3.00. The molecule has 5 heteroatoms. The standard InChI is InChI=1S/C24H27N3O2/c1-4-17-8-5-6-10-19(17)26-23(28)14-27-22-13-16(3)15(2)12-21(22)25-20-11-7-9-18(20)24(27)29/h5-6,8,10,12-13,18H,4,7,9,11,14H2,1-3H3,(H,26,28). The molecule has 29 heavy (non-hydrogen) atoms. The highest BCUT2D eigenvalue weighted by Gasteiger charge is 2.37. The average molecular weight is 389 g/mol. The lowest BCUT2D eigenvalue weighted by Crippen LogP contribution is -2.42. The lowest BCUT2D eigenvalue weighted by atomic mass is 10.0. The molecule has 5 nitrogen and oxygen atoms in total. The molecular weight excluding hydrogens is 362 g/mol. The Labute approximate surface area is 171 Å². The highest BCUT2D eigenvalue weighted by atomic mass is 16.2. The predicted molar refractivity (Wildman–Crippen MR) is 117 cm³/mol. The van der Waals surface area contributed by atoms with Crippen LogP contribution < -0.4 is 10.2 Å². The quantitative estimate of drug-likeness (QED) is 0.822. The molecule has 2 amide bonds. The smallest absolute Gasteiger partial charge is 0.244 e. The number of rotatable bonds is 4. The van der Waals surface area contributed by atoms with E-state index in [1.807, 2.05) is 50.2 Å². The monoisotopic (exact) mass is 389 g/mol. The van der Waals surface area contributed by atoms with Crippen molar-refractivity contribution in [1.29, 1.82) is 0 Å². The third-order valence-corrected chi connectivity index (χ3v) is 6.01. The zero-order valence-corrected chi connectivity index (χ0v) is 17.3. The largest absolute Gasteiger partial charge is 0.324 e. The van der Waals surface area contributed by atoms with Crippen LogP contribution in [-0.4, -0.2) is 24.1 Å². The van der Waals surface area contributed by atoms with Gasteiger partial charge in [-0.3, -0.25) is 14.6 Å². The number of para-hydroxylation sites is 1. The molecule has 1 atom stereocenters. The van der Waals surface area contributed by atoms with Gasteiger partial charge in [0.25, 0.3) is 0 Å². The van der Waals surface area contributed by atoms with Crippen LogP contribution in [0.3, 0.4) is 0 Å². The molecule has 0 bridgehead atoms. The van der Waals surface area contributed by atoms with Crippen molar-refractivity contribution in [3.63, 3.8) is 0 Å². The molecule has 0 aromatic heterocycles. The molecule has 1 fully saturated rings. The first-order valence-electron chi connectivity index (χ1n) is 10.4. The highest BCUT2D eigenvalue weighted by molar-refractivity contribution is 6.17. The Morgan fingerprint density at radius 1 is 1.21 bits per heavy atom. The minimum Gasteiger partial charge on any atom is -0.324 e. The van der Waals surface area contributed by atoms with E-state index < -0.39 is 0 Å². The van der Waals surface area contributed by atoms with Gasteiger partial charge >= 0.3 is 0 Å². The second kappa shape index (κ2) is 7.82. The van der Waals surface area contributed by atoms with Gasteiger partial charge in [0, 0.05) is 11.4 Å². The number of hydrogen-bond donors (Lipinski definition) is 1. The van der Waals surface area contributed by atoms with Crippen LogP contribution in [0, 0.1) is 19.8 Å². The number of hydrogen-bond acceptors (Lipinski definition) is 3. The van der Waals surface area contributed by atoms with Gasteiger partial charge in [-0.25, -0.2) is 0 Å². The van der Waals surface area contributed by atoms with Crippen LogP contribution in [0.2, 0.25) is 0 Å². The van der Waals surface area contributed by atoms with Crippen LogP contribution in [-0.2, 0) is 16.0 Å². The number of fused-ring (bicyclic) bond motifs is 2. The zero-order valence-electron chi connectivity index (χ0n) is 17.3. The van der Waals surface area contributed by atoms with Crippen molar-refractivity contribution >= 4 is 34.6 Å². The normalized spacial score (nSPS) is 18.0. The Bertz CT molecular complexity index is 1010. The Kier molecular flexibility index (Phi) is 5.22. The van der Waals surface area contributed by atoms with Gasteiger partial charge in [0.05, 0.1) is 17.3 Å². The van der Waals surface area contributed by atoms with Crippen molar-refractivity contribution in [2.75, 3.05) is 16.8 Å². The number of amides is 2. The van der Waals surface area contributed by atoms with E-state index in [0.717, 1.165) is 65.1 Å². The summed E-state index contributed by atoms with van der Waals surface area (Å²) in [5.74, 6) is -0.411. The van der Waals surface area contributed by atoms with Crippen LogP contribution in [0.1, 0.15) is 42.9 Å². The fraction of sp³-hybridized carbons (Fsp3) is 0.375. The van der Waals surface area contributed by atoms with Crippen molar-refractivity contribution in [3.8, 4) is 0 Å². The van der Waals surface area contributed by atoms with Crippen LogP contribution in [0.25, 0.3) is 0 Å². The molecule has 4 rings (SSSR count). The molecule has 1 saturated carbocycles. The van der Waals surface area contributed by atoms with Gasteiger partial charge in [0.2, 0.25) is 11.8 Å². The topological polar surface area (TPSA) is 61.8 Å². The number of aryl methyl sites for hydroxylation is 3. The van der Waals surface area contributed by atoms with Gasteiger partial charge < -0.3 is 10.2 Å². The van der Waals surface area contributed by atoms with Crippen molar-refractivity contribution < 1.29 is 9.59 Å². The molecule has 1 aliphatic carbocycles. The Morgan fingerprint density at radius 2 is 1.97 bits per heavy atom. The summed E-state index contributed by atoms with van der Waals surface area (Å²) >= 11 is 0. The van der Waals surface area contributed by atoms with Crippen molar-refractivity contribution in [2.45, 2.75) is 46.5 Å². The highest BCUT2D eigenvalue weighted by Crippen LogP contribution is 2.39. The molecule has 1 heterocycles. The Morgan fingerprint density at radius 3 is 2.76 bits per heavy atom. The number of benzene rings is 2. The molecule has 2 aromatic rings. The van der Waals surface area contributed by atoms with Gasteiger partial charge in [-0.2, -0.15) is 0 Å². The average Bonchev–Trinajstić information content (AvgIpc) is 3.13. The summed E-state index contributed by atoms with van der Waals surface area (Å²) in [5.41, 5.74) is 6.60. The van der Waals surface area contributed by atoms with Crippen molar-refractivity contribution in [1.82, 2.24) is 0 Å². The molecule has 1 aliphatic heterocycles. The van der Waals surface area contributed by atoms with Gasteiger partial charge in [0.1, 0.15) is 6.54 Å². The van der Waals surface area contributed by atoms with E-state index in [1.165, 1.54) is 0 Å². The van der Waals surface area contributed by atoms with Crippen molar-refractivity contribution in [3.05, 3.63) is 53.1 Å². The second-order valence-electron chi connectivity index (χ2n) is 7.96. The first kappa shape index (κ1) is 19.4. The predicted octanol–water partition coefficient (Wildman–Crippen LogP) is 4.72. The third-order valence-electron chi connectivity index (χ3n) is 6.01. The van der Waals surface area contributed by atoms with Gasteiger partial charge in [-0.05, 0) is 74.4 Å². The maximum atomic E-state index is 13.4. The van der Waals surface area contributed by atoms with E-state index >= 15 is 0 Å². The summed E-state index contributed by atoms with van der Waals surface area (Å²) in [4.78, 5) is 32.8. The van der Waals surface area contributed by atoms with Crippen LogP contribution in [0.5, 0.6) is 0 Å². The van der Waals surface area contributed by atoms with Crippen LogP contribution in [0.4, 0.5) is 17.1 Å². The maximum Gasteiger partial charge on any atom is 0.244 e. The first-order valence-corrected chi connectivity index (χ1v) is 10.4. The SMILES string of the molecule is CCc1ccccc1NC(=O)CN1C(=O)C2CCCC2=Nc2cc(C)c(C)cc21. The Hall–Kier alpha value is -2.95. The van der Waals surface area contributed by atoms with Gasteiger partial charge in [-0.1, -0.05) is 25.1 Å². The summed E-state index contributed by atoms with van der Waals surface area (Å²) in [6.45, 7) is 6.12. The van der Waals surface area contributed by atoms with E-state index in [4.69, 9.17) is 4.99 Å². The summed E-state index contributed by atoms with van der Waals surface area (Å²) in [6.07, 6.45) is 3.46. The fourth-order valence-corrected chi connectivity index (χ4v) is 4.23. The van der Waals surface area contributed by atoms with Crippen molar-refractivity contribution in [2.24, 2.45) is 10.9 Å². The summed E-state index contributed by atoms with van der Waals surface area (Å²) < 4.78 is 0. The lowest BCUT2D eigenvalue weighted by molar-refractivity contribution is -0.122. The van der Waals surface area contributed by atoms with E-state index in [0.29, 0.717) is 0 Å². The maximum absolute atomic E-state index is 13.4. The van der Waals surface area contributed by atoms with E-state index in [-0.39, 0.29) is 24.3 Å². The van der Waals surface area contributed by atoms with E-state index in [2.05, 4.69) is 12.2 Å². The Balaban J connectivity index is 1.67. The number of carbonyl (C=O) groups excluding carboxylic acids is 2. The lowest BCUT2D eigenvalue weighted by Gasteiger charge is -2.25. The van der Waals surface area contributed by atoms with Gasteiger partial charge in [-0.15, -0.1) is 0 Å². The minimum atomic E-state index is -0.209. The number of anilines is 2. The summed E-state index contributed by atoms with van der Waals surface area (Å²) in [7, 11) is 0. The molecular formula is C24H27N3O2. The second-order valence-corrected chi connectivity index (χ2v) is 7.96. The van der Waals surface area contributed by atoms with Gasteiger partial charge in [0.15, 0.2) is 0 Å². The number of nitrogens with zero attached hydrogens (tertiary/aromatic N) is 2. The number of carbonyl (C=O) groups is 2. The first-order chi connectivity index (χ1) is 14.0. The zero-order chi connectivity index (χ0) is 20.5. The number of aliphatic imine (C=N–C) groups is 1. The molecule has 0 radical (unpaired) electrons. The molecule has 2 aromatic carbocycles. The third kappa shape index (κ3) is 3.69. The molecule has 150 valence electrons. The van der Waals surface area contributed by atoms with E-state index in [9.17, 15) is 9.59 Å². The molecule has 1 unspecified atom stereocenters. The molecule has 0 saturated heterocycles. The van der Waals surface area contributed by atoms with Crippen LogP contribution in [0.15, 0.2) is 41.4 Å². The fourth-order valence-electron chi connectivity index (χ4n) is 4.23. The minimum absolute atomic E-state index is 0.00825. The molecule has 2 aliphatic rings. The molecule has 0 spiro atoms. The van der Waals surface area contributed by atoms with E-state index in [1.54, 1.807) is 4.90 Å². The van der Waals surface area contributed by atoms with Crippen LogP contribution >= 0.6 is 0 Å². The molecule has 1 N–H and O–H groups in total. The number of nitrogens with one attached hydrogen (secondary N) is 1. The summed E-state index contributed by atoms with van der Waals surface area (Å²) in [6, 6.07) is 11.8.